The molecule has 3 amide bonds. The Hall–Kier alpha value is -1.16. The van der Waals surface area contributed by atoms with Crippen LogP contribution in [0.4, 0.5) is 0 Å². The summed E-state index contributed by atoms with van der Waals surface area (Å²) in [5, 5.41) is 2.36. The van der Waals surface area contributed by atoms with Crippen LogP contribution in [0.25, 0.3) is 0 Å². The molecular weight excluding hydrogens is 670 g/mol. The number of hydrogen-bond acceptors (Lipinski definition) is 4. The van der Waals surface area contributed by atoms with E-state index in [0.29, 0.717) is 22.9 Å². The van der Waals surface area contributed by atoms with Gasteiger partial charge in [0.1, 0.15) is 6.54 Å². The van der Waals surface area contributed by atoms with Crippen LogP contribution in [0.2, 0.25) is 20.1 Å². The van der Waals surface area contributed by atoms with E-state index in [0.717, 1.165) is 10.0 Å². The number of nitrogens with zero attached hydrogens (tertiary/aromatic N) is 2. The van der Waals surface area contributed by atoms with Crippen LogP contribution in [0.15, 0.2) is 36.4 Å². The monoisotopic (exact) mass is 682 g/mol. The topological polar surface area (TPSA) is 74.8 Å². The van der Waals surface area contributed by atoms with Crippen molar-refractivity contribution in [2.24, 2.45) is 11.8 Å². The number of halogens is 6. The number of amides is 3. The number of rotatable bonds is 5. The molecule has 1 saturated carbocycles. The molecule has 1 aliphatic carbocycles. The molecular formula is C23H16Br2Cl4N2O4. The molecule has 0 unspecified atom stereocenters. The molecule has 6 nitrogen and oxygen atoms in total. The number of hydrogen-bond donors (Lipinski definition) is 0. The first-order valence-corrected chi connectivity index (χ1v) is 13.7. The molecule has 0 aromatic heterocycles. The summed E-state index contributed by atoms with van der Waals surface area (Å²) < 4.78 is 0. The molecule has 12 heteroatoms. The summed E-state index contributed by atoms with van der Waals surface area (Å²) in [7, 11) is 0. The number of imide groups is 1. The van der Waals surface area contributed by atoms with Crippen molar-refractivity contribution in [1.82, 2.24) is 10.0 Å². The first-order valence-electron chi connectivity index (χ1n) is 10.4. The summed E-state index contributed by atoms with van der Waals surface area (Å²) in [5.74, 6) is -3.71. The van der Waals surface area contributed by atoms with Crippen LogP contribution < -0.4 is 0 Å². The predicted octanol–water partition coefficient (Wildman–Crippen LogP) is 6.46. The smallest absolute Gasteiger partial charge is 0.274 e. The molecule has 4 rings (SSSR count). The highest BCUT2D eigenvalue weighted by Gasteiger charge is 2.54. The van der Waals surface area contributed by atoms with Gasteiger partial charge in [-0.1, -0.05) is 78.3 Å². The van der Waals surface area contributed by atoms with Crippen LogP contribution in [-0.4, -0.2) is 49.7 Å². The summed E-state index contributed by atoms with van der Waals surface area (Å²) in [4.78, 5) is 53.6. The number of carbonyl (C=O) groups is 4. The summed E-state index contributed by atoms with van der Waals surface area (Å²) in [6, 6.07) is 8.49. The normalized spacial score (nSPS) is 23.9. The number of alkyl halides is 2. The van der Waals surface area contributed by atoms with Crippen molar-refractivity contribution in [2.45, 2.75) is 22.5 Å². The first kappa shape index (κ1) is 26.9. The number of hydrazine groups is 1. The lowest BCUT2D eigenvalue weighted by Gasteiger charge is -2.30. The zero-order valence-electron chi connectivity index (χ0n) is 17.7. The standard InChI is InChI=1S/C23H16Br2Cl4N2O4/c24-16-7-14-15(8-17(16)25)23(35)31(22(14)34)30(21(33)13-4-2-11(27)6-19(13)29)9-20(32)12-3-1-10(26)5-18(12)28/h1-6,14-17H,7-9H2/t14-,15-,16+,17+/m1/s1. The van der Waals surface area contributed by atoms with Gasteiger partial charge in [0.2, 0.25) is 0 Å². The fourth-order valence-electron chi connectivity index (χ4n) is 4.29. The van der Waals surface area contributed by atoms with E-state index in [1.165, 1.54) is 36.4 Å². The summed E-state index contributed by atoms with van der Waals surface area (Å²) >= 11 is 31.4. The molecule has 35 heavy (non-hydrogen) atoms. The van der Waals surface area contributed by atoms with E-state index in [-0.39, 0.29) is 30.8 Å². The minimum atomic E-state index is -0.795. The molecule has 4 atom stereocenters. The van der Waals surface area contributed by atoms with Gasteiger partial charge >= 0.3 is 0 Å². The Morgan fingerprint density at radius 3 is 1.74 bits per heavy atom. The van der Waals surface area contributed by atoms with Crippen molar-refractivity contribution in [2.75, 3.05) is 6.54 Å². The number of carbonyl (C=O) groups excluding carboxylic acids is 4. The zero-order valence-corrected chi connectivity index (χ0v) is 23.9. The van der Waals surface area contributed by atoms with E-state index < -0.39 is 41.9 Å². The van der Waals surface area contributed by atoms with Crippen molar-refractivity contribution in [3.05, 3.63) is 67.6 Å². The van der Waals surface area contributed by atoms with Gasteiger partial charge in [-0.05, 0) is 49.2 Å². The molecule has 1 heterocycles. The van der Waals surface area contributed by atoms with Gasteiger partial charge in [-0.3, -0.25) is 19.2 Å². The highest BCUT2D eigenvalue weighted by atomic mass is 79.9. The number of ketones is 1. The maximum atomic E-state index is 13.6. The Bertz CT molecular complexity index is 1220. The summed E-state index contributed by atoms with van der Waals surface area (Å²) in [5.41, 5.74) is 0.0758. The second kappa shape index (κ2) is 10.7. The van der Waals surface area contributed by atoms with E-state index >= 15 is 0 Å². The third kappa shape index (κ3) is 5.29. The number of benzene rings is 2. The molecule has 0 spiro atoms. The van der Waals surface area contributed by atoms with Crippen LogP contribution in [-0.2, 0) is 9.59 Å². The molecule has 2 aromatic carbocycles. The van der Waals surface area contributed by atoms with Gasteiger partial charge in [-0.2, -0.15) is 5.01 Å². The van der Waals surface area contributed by atoms with Crippen LogP contribution in [0.1, 0.15) is 33.6 Å². The van der Waals surface area contributed by atoms with Gasteiger partial charge in [-0.25, -0.2) is 5.01 Å². The summed E-state index contributed by atoms with van der Waals surface area (Å²) in [6.45, 7) is -0.620. The van der Waals surface area contributed by atoms with Gasteiger partial charge in [0, 0.05) is 25.3 Å². The van der Waals surface area contributed by atoms with Crippen molar-refractivity contribution in [3.8, 4) is 0 Å². The molecule has 2 aromatic rings. The van der Waals surface area contributed by atoms with Crippen molar-refractivity contribution in [3.63, 3.8) is 0 Å². The lowest BCUT2D eigenvalue weighted by atomic mass is 9.81. The summed E-state index contributed by atoms with van der Waals surface area (Å²) in [6.07, 6.45) is 0.810. The van der Waals surface area contributed by atoms with Crippen molar-refractivity contribution in [1.29, 1.82) is 0 Å². The predicted molar refractivity (Wildman–Crippen MR) is 142 cm³/mol. The lowest BCUT2D eigenvalue weighted by molar-refractivity contribution is -0.154. The van der Waals surface area contributed by atoms with E-state index in [4.69, 9.17) is 46.4 Å². The third-order valence-electron chi connectivity index (χ3n) is 6.05. The van der Waals surface area contributed by atoms with Crippen molar-refractivity contribution < 1.29 is 19.2 Å². The fourth-order valence-corrected chi connectivity index (χ4v) is 6.53. The van der Waals surface area contributed by atoms with Gasteiger partial charge < -0.3 is 0 Å². The zero-order chi connectivity index (χ0) is 25.6. The molecule has 1 saturated heterocycles. The maximum absolute atomic E-state index is 13.6. The van der Waals surface area contributed by atoms with E-state index in [1.807, 2.05) is 0 Å². The molecule has 2 aliphatic rings. The van der Waals surface area contributed by atoms with Gasteiger partial charge in [0.15, 0.2) is 5.78 Å². The minimum Gasteiger partial charge on any atom is -0.292 e. The Labute approximate surface area is 238 Å². The van der Waals surface area contributed by atoms with Crippen LogP contribution in [0.3, 0.4) is 0 Å². The maximum Gasteiger partial charge on any atom is 0.274 e. The highest BCUT2D eigenvalue weighted by Crippen LogP contribution is 2.44. The van der Waals surface area contributed by atoms with Gasteiger partial charge in [-0.15, -0.1) is 0 Å². The number of Topliss-reactive ketones (excluding diaryl/α,β-unsaturated/α-hetero) is 1. The molecule has 2 fully saturated rings. The average Bonchev–Trinajstić information content (AvgIpc) is 3.01. The van der Waals surface area contributed by atoms with Gasteiger partial charge in [0.25, 0.3) is 17.7 Å². The Morgan fingerprint density at radius 2 is 1.29 bits per heavy atom. The Balaban J connectivity index is 1.74. The first-order chi connectivity index (χ1) is 16.5. The second-order valence-electron chi connectivity index (χ2n) is 8.24. The molecule has 1 aliphatic heterocycles. The lowest BCUT2D eigenvalue weighted by Crippen LogP contribution is -2.52. The Morgan fingerprint density at radius 1 is 0.829 bits per heavy atom. The largest absolute Gasteiger partial charge is 0.292 e. The van der Waals surface area contributed by atoms with Crippen LogP contribution >= 0.6 is 78.3 Å². The molecule has 184 valence electrons. The second-order valence-corrected chi connectivity index (χ2v) is 12.3. The van der Waals surface area contributed by atoms with E-state index in [9.17, 15) is 19.2 Å². The quantitative estimate of drug-likeness (QED) is 0.206. The van der Waals surface area contributed by atoms with Crippen LogP contribution in [0.5, 0.6) is 0 Å². The third-order valence-corrected chi connectivity index (χ3v) is 9.88. The minimum absolute atomic E-state index is 0.0155. The van der Waals surface area contributed by atoms with Crippen molar-refractivity contribution >= 4 is 102 Å². The molecule has 0 bridgehead atoms. The van der Waals surface area contributed by atoms with Crippen LogP contribution in [0, 0.1) is 11.8 Å². The van der Waals surface area contributed by atoms with Gasteiger partial charge in [0.05, 0.1) is 27.4 Å². The molecule has 0 N–H and O–H groups in total. The Kier molecular flexibility index (Phi) is 8.20. The fraction of sp³-hybridized carbons (Fsp3) is 0.304. The highest BCUT2D eigenvalue weighted by molar-refractivity contribution is 9.12. The SMILES string of the molecule is O=C(CN(C(=O)c1ccc(Cl)cc1Cl)N1C(=O)[C@@H]2C[C@H](Br)[C@@H](Br)C[C@H]2C1=O)c1ccc(Cl)cc1Cl. The van der Waals surface area contributed by atoms with E-state index in [1.54, 1.807) is 0 Å². The number of fused-ring (bicyclic) bond motifs is 1. The average molecular weight is 686 g/mol. The van der Waals surface area contributed by atoms with E-state index in [2.05, 4.69) is 31.9 Å². The molecule has 0 radical (unpaired) electrons.